The van der Waals surface area contributed by atoms with Crippen molar-refractivity contribution in [2.45, 2.75) is 4.90 Å². The Morgan fingerprint density at radius 1 is 0.969 bits per heavy atom. The van der Waals surface area contributed by atoms with E-state index in [-0.39, 0.29) is 16.1 Å². The van der Waals surface area contributed by atoms with E-state index < -0.39 is 21.7 Å². The standard InChI is InChI=1S/C22H16ClFN4O3S/c23-16-9-10-21(28-12-4-11-25-28)20(14-16)26-22(29)15-5-3-6-17(13-15)32(30,31)27-19-8-2-1-7-18(19)24/h1-14,27H,(H,26,29). The first kappa shape index (κ1) is 21.5. The number of benzene rings is 3. The van der Waals surface area contributed by atoms with Gasteiger partial charge in [0.2, 0.25) is 0 Å². The van der Waals surface area contributed by atoms with Gasteiger partial charge in [0.15, 0.2) is 0 Å². The number of aromatic nitrogens is 2. The summed E-state index contributed by atoms with van der Waals surface area (Å²) in [5, 5.41) is 7.29. The summed E-state index contributed by atoms with van der Waals surface area (Å²) in [4.78, 5) is 12.7. The normalized spacial score (nSPS) is 11.2. The number of halogens is 2. The van der Waals surface area contributed by atoms with E-state index in [1.54, 1.807) is 41.3 Å². The molecular formula is C22H16ClFN4O3S. The van der Waals surface area contributed by atoms with Crippen molar-refractivity contribution in [3.8, 4) is 5.69 Å². The zero-order valence-corrected chi connectivity index (χ0v) is 17.9. The van der Waals surface area contributed by atoms with Crippen LogP contribution in [0.25, 0.3) is 5.69 Å². The summed E-state index contributed by atoms with van der Waals surface area (Å²) in [7, 11) is -4.12. The molecular weight excluding hydrogens is 455 g/mol. The highest BCUT2D eigenvalue weighted by Gasteiger charge is 2.19. The van der Waals surface area contributed by atoms with Crippen molar-refractivity contribution in [2.24, 2.45) is 0 Å². The lowest BCUT2D eigenvalue weighted by molar-refractivity contribution is 0.102. The molecule has 0 bridgehead atoms. The first-order valence-electron chi connectivity index (χ1n) is 9.32. The smallest absolute Gasteiger partial charge is 0.262 e. The van der Waals surface area contributed by atoms with Crippen LogP contribution in [-0.4, -0.2) is 24.1 Å². The predicted octanol–water partition coefficient (Wildman–Crippen LogP) is 4.72. The van der Waals surface area contributed by atoms with E-state index in [0.29, 0.717) is 16.4 Å². The molecule has 0 aliphatic carbocycles. The van der Waals surface area contributed by atoms with E-state index >= 15 is 0 Å². The second kappa shape index (κ2) is 8.81. The first-order valence-corrected chi connectivity index (χ1v) is 11.2. The van der Waals surface area contributed by atoms with E-state index in [1.807, 2.05) is 0 Å². The molecule has 1 amide bonds. The average Bonchev–Trinajstić information content (AvgIpc) is 3.30. The zero-order valence-electron chi connectivity index (χ0n) is 16.4. The number of carbonyl (C=O) groups excluding carboxylic acids is 1. The lowest BCUT2D eigenvalue weighted by Gasteiger charge is -2.13. The molecule has 4 rings (SSSR count). The SMILES string of the molecule is O=C(Nc1cc(Cl)ccc1-n1cccn1)c1cccc(S(=O)(=O)Nc2ccccc2F)c1. The van der Waals surface area contributed by atoms with Crippen molar-refractivity contribution >= 4 is 38.9 Å². The summed E-state index contributed by atoms with van der Waals surface area (Å²) in [5.41, 5.74) is 0.875. The van der Waals surface area contributed by atoms with Crippen LogP contribution < -0.4 is 10.0 Å². The number of nitrogens with zero attached hydrogens (tertiary/aromatic N) is 2. The molecule has 0 fully saturated rings. The molecule has 10 heteroatoms. The minimum atomic E-state index is -4.12. The summed E-state index contributed by atoms with van der Waals surface area (Å²) < 4.78 is 43.0. The Kier molecular flexibility index (Phi) is 5.93. The fraction of sp³-hybridized carbons (Fsp3) is 0. The predicted molar refractivity (Wildman–Crippen MR) is 120 cm³/mol. The maximum atomic E-state index is 13.9. The number of carbonyl (C=O) groups is 1. The fourth-order valence-electron chi connectivity index (χ4n) is 2.97. The molecule has 0 aliphatic rings. The Labute approximate surface area is 188 Å². The molecule has 0 aliphatic heterocycles. The van der Waals surface area contributed by atoms with Gasteiger partial charge in [0.05, 0.1) is 22.0 Å². The fourth-order valence-corrected chi connectivity index (χ4v) is 4.25. The van der Waals surface area contributed by atoms with Crippen LogP contribution >= 0.6 is 11.6 Å². The molecule has 0 saturated heterocycles. The molecule has 1 aromatic heterocycles. The van der Waals surface area contributed by atoms with Crippen LogP contribution in [0.2, 0.25) is 5.02 Å². The van der Waals surface area contributed by atoms with Gasteiger partial charge < -0.3 is 5.32 Å². The highest BCUT2D eigenvalue weighted by Crippen LogP contribution is 2.25. The van der Waals surface area contributed by atoms with Crippen LogP contribution in [0, 0.1) is 5.82 Å². The van der Waals surface area contributed by atoms with Crippen molar-refractivity contribution in [1.82, 2.24) is 9.78 Å². The second-order valence-electron chi connectivity index (χ2n) is 6.68. The summed E-state index contributed by atoms with van der Waals surface area (Å²) in [6.45, 7) is 0. The molecule has 0 saturated carbocycles. The van der Waals surface area contributed by atoms with Gasteiger partial charge in [-0.25, -0.2) is 17.5 Å². The monoisotopic (exact) mass is 470 g/mol. The lowest BCUT2D eigenvalue weighted by atomic mass is 10.2. The van der Waals surface area contributed by atoms with Crippen LogP contribution in [0.5, 0.6) is 0 Å². The van der Waals surface area contributed by atoms with E-state index in [4.69, 9.17) is 11.6 Å². The van der Waals surface area contributed by atoms with E-state index in [0.717, 1.165) is 6.07 Å². The Morgan fingerprint density at radius 3 is 2.53 bits per heavy atom. The molecule has 4 aromatic rings. The average molecular weight is 471 g/mol. The summed E-state index contributed by atoms with van der Waals surface area (Å²) in [5.74, 6) is -1.26. The Bertz CT molecular complexity index is 1390. The van der Waals surface area contributed by atoms with Crippen molar-refractivity contribution in [3.05, 3.63) is 102 Å². The quantitative estimate of drug-likeness (QED) is 0.426. The van der Waals surface area contributed by atoms with Gasteiger partial charge >= 0.3 is 0 Å². The molecule has 7 nitrogen and oxygen atoms in total. The van der Waals surface area contributed by atoms with Crippen LogP contribution in [-0.2, 0) is 10.0 Å². The zero-order chi connectivity index (χ0) is 22.7. The lowest BCUT2D eigenvalue weighted by Crippen LogP contribution is -2.17. The van der Waals surface area contributed by atoms with Crippen LogP contribution in [0.3, 0.4) is 0 Å². The molecule has 3 aromatic carbocycles. The molecule has 32 heavy (non-hydrogen) atoms. The molecule has 2 N–H and O–H groups in total. The van der Waals surface area contributed by atoms with Crippen molar-refractivity contribution in [2.75, 3.05) is 10.0 Å². The van der Waals surface area contributed by atoms with Crippen molar-refractivity contribution < 1.29 is 17.6 Å². The molecule has 1 heterocycles. The summed E-state index contributed by atoms with van der Waals surface area (Å²) in [6.07, 6.45) is 3.30. The number of amides is 1. The molecule has 0 spiro atoms. The van der Waals surface area contributed by atoms with Gasteiger partial charge in [0, 0.05) is 23.0 Å². The Hall–Kier alpha value is -3.69. The second-order valence-corrected chi connectivity index (χ2v) is 8.80. The number of rotatable bonds is 6. The third-order valence-corrected chi connectivity index (χ3v) is 6.08. The minimum Gasteiger partial charge on any atom is -0.320 e. The third-order valence-electron chi connectivity index (χ3n) is 4.48. The van der Waals surface area contributed by atoms with Gasteiger partial charge in [-0.15, -0.1) is 0 Å². The molecule has 162 valence electrons. The van der Waals surface area contributed by atoms with Gasteiger partial charge in [-0.3, -0.25) is 9.52 Å². The number of para-hydroxylation sites is 1. The summed E-state index contributed by atoms with van der Waals surface area (Å²) >= 11 is 6.08. The van der Waals surface area contributed by atoms with Gasteiger partial charge in [-0.2, -0.15) is 5.10 Å². The number of hydrogen-bond acceptors (Lipinski definition) is 4. The Balaban J connectivity index is 1.61. The van der Waals surface area contributed by atoms with Crippen molar-refractivity contribution in [3.63, 3.8) is 0 Å². The molecule has 0 radical (unpaired) electrons. The number of sulfonamides is 1. The van der Waals surface area contributed by atoms with Crippen LogP contribution in [0.4, 0.5) is 15.8 Å². The first-order chi connectivity index (χ1) is 15.3. The van der Waals surface area contributed by atoms with Gasteiger partial charge in [0.1, 0.15) is 5.82 Å². The van der Waals surface area contributed by atoms with Crippen molar-refractivity contribution in [1.29, 1.82) is 0 Å². The number of hydrogen-bond donors (Lipinski definition) is 2. The largest absolute Gasteiger partial charge is 0.320 e. The maximum Gasteiger partial charge on any atom is 0.262 e. The van der Waals surface area contributed by atoms with E-state index in [9.17, 15) is 17.6 Å². The van der Waals surface area contributed by atoms with Crippen LogP contribution in [0.15, 0.2) is 90.1 Å². The van der Waals surface area contributed by atoms with E-state index in [2.05, 4.69) is 15.1 Å². The third kappa shape index (κ3) is 4.63. The highest BCUT2D eigenvalue weighted by atomic mass is 35.5. The number of nitrogens with one attached hydrogen (secondary N) is 2. The van der Waals surface area contributed by atoms with Gasteiger partial charge in [-0.1, -0.05) is 29.8 Å². The maximum absolute atomic E-state index is 13.9. The number of anilines is 2. The molecule has 0 atom stereocenters. The molecule has 0 unspecified atom stereocenters. The van der Waals surface area contributed by atoms with Gasteiger partial charge in [-0.05, 0) is 54.6 Å². The summed E-state index contributed by atoms with van der Waals surface area (Å²) in [6, 6.07) is 17.5. The highest BCUT2D eigenvalue weighted by molar-refractivity contribution is 7.92. The Morgan fingerprint density at radius 2 is 1.78 bits per heavy atom. The van der Waals surface area contributed by atoms with Gasteiger partial charge in [0.25, 0.3) is 15.9 Å². The topological polar surface area (TPSA) is 93.1 Å². The van der Waals surface area contributed by atoms with E-state index in [1.165, 1.54) is 42.5 Å². The van der Waals surface area contributed by atoms with Crippen LogP contribution in [0.1, 0.15) is 10.4 Å². The minimum absolute atomic E-state index is 0.0906.